The minimum atomic E-state index is -0.173. The van der Waals surface area contributed by atoms with Gasteiger partial charge >= 0.3 is 0 Å². The molecule has 2 aliphatic heterocycles. The zero-order chi connectivity index (χ0) is 22.0. The molecule has 2 aromatic carbocycles. The van der Waals surface area contributed by atoms with Gasteiger partial charge in [0.25, 0.3) is 5.91 Å². The molecule has 0 saturated carbocycles. The number of carbonyl (C=O) groups excluding carboxylic acids is 1. The second-order valence-electron chi connectivity index (χ2n) is 8.56. The lowest BCUT2D eigenvalue weighted by atomic mass is 9.95. The van der Waals surface area contributed by atoms with Crippen LogP contribution in [0.4, 0.5) is 0 Å². The van der Waals surface area contributed by atoms with E-state index >= 15 is 0 Å². The van der Waals surface area contributed by atoms with Gasteiger partial charge in [-0.15, -0.1) is 0 Å². The summed E-state index contributed by atoms with van der Waals surface area (Å²) in [6.45, 7) is 11.7. The molecule has 0 spiro atoms. The van der Waals surface area contributed by atoms with Crippen LogP contribution in [0, 0.1) is 13.8 Å². The summed E-state index contributed by atoms with van der Waals surface area (Å²) in [4.78, 5) is 18.1. The molecule has 1 fully saturated rings. The van der Waals surface area contributed by atoms with E-state index in [1.807, 2.05) is 24.3 Å². The van der Waals surface area contributed by atoms with Crippen molar-refractivity contribution in [3.63, 3.8) is 0 Å². The number of hydrazone groups is 1. The molecule has 6 heteroatoms. The molecule has 2 aliphatic rings. The molecule has 0 aliphatic carbocycles. The van der Waals surface area contributed by atoms with Gasteiger partial charge in [0.15, 0.2) is 0 Å². The van der Waals surface area contributed by atoms with Gasteiger partial charge in [-0.1, -0.05) is 54.4 Å². The van der Waals surface area contributed by atoms with Gasteiger partial charge in [-0.05, 0) is 43.7 Å². The maximum absolute atomic E-state index is 13.4. The molecule has 1 amide bonds. The minimum absolute atomic E-state index is 0.0372. The monoisotopic (exact) mass is 438 g/mol. The Labute approximate surface area is 190 Å². The number of likely N-dealkylation sites (N-methyl/N-ethyl adjacent to an activating group) is 1. The molecular formula is C25H31ClN4O. The fourth-order valence-corrected chi connectivity index (χ4v) is 4.73. The van der Waals surface area contributed by atoms with Crippen molar-refractivity contribution < 1.29 is 4.79 Å². The normalized spacial score (nSPS) is 20.2. The van der Waals surface area contributed by atoms with Gasteiger partial charge in [-0.2, -0.15) is 5.10 Å². The highest BCUT2D eigenvalue weighted by Gasteiger charge is 2.35. The SMILES string of the molecule is CCN1CCN(CC(=O)N2N=C(c3cc(C)ccc3C)C[C@@H]2c2ccccc2Cl)CC1. The van der Waals surface area contributed by atoms with E-state index in [1.54, 1.807) is 5.01 Å². The van der Waals surface area contributed by atoms with Crippen molar-refractivity contribution >= 4 is 23.2 Å². The fourth-order valence-electron chi connectivity index (χ4n) is 4.46. The molecule has 0 unspecified atom stereocenters. The lowest BCUT2D eigenvalue weighted by Crippen LogP contribution is -2.49. The second kappa shape index (κ2) is 9.51. The Morgan fingerprint density at radius 3 is 2.48 bits per heavy atom. The van der Waals surface area contributed by atoms with E-state index in [9.17, 15) is 4.79 Å². The zero-order valence-electron chi connectivity index (χ0n) is 18.6. The van der Waals surface area contributed by atoms with E-state index in [4.69, 9.17) is 16.7 Å². The first-order chi connectivity index (χ1) is 15.0. The number of carbonyl (C=O) groups is 1. The Balaban J connectivity index is 1.60. The number of hydrogen-bond donors (Lipinski definition) is 0. The van der Waals surface area contributed by atoms with Crippen molar-refractivity contribution in [2.24, 2.45) is 5.10 Å². The average Bonchev–Trinajstić information content (AvgIpc) is 3.21. The van der Waals surface area contributed by atoms with Crippen molar-refractivity contribution in [2.75, 3.05) is 39.3 Å². The zero-order valence-corrected chi connectivity index (χ0v) is 19.4. The van der Waals surface area contributed by atoms with Gasteiger partial charge in [-0.25, -0.2) is 5.01 Å². The number of piperazine rings is 1. The van der Waals surface area contributed by atoms with E-state index < -0.39 is 0 Å². The van der Waals surface area contributed by atoms with E-state index in [0.717, 1.165) is 49.6 Å². The topological polar surface area (TPSA) is 39.1 Å². The Kier molecular flexibility index (Phi) is 6.75. The van der Waals surface area contributed by atoms with E-state index in [0.29, 0.717) is 18.0 Å². The van der Waals surface area contributed by atoms with Crippen LogP contribution in [0.1, 0.15) is 41.6 Å². The number of rotatable bonds is 5. The molecule has 0 aromatic heterocycles. The molecule has 2 aromatic rings. The molecule has 4 rings (SSSR count). The van der Waals surface area contributed by atoms with Crippen LogP contribution in [0.3, 0.4) is 0 Å². The predicted molar refractivity (Wildman–Crippen MR) is 127 cm³/mol. The van der Waals surface area contributed by atoms with E-state index in [2.05, 4.69) is 48.8 Å². The van der Waals surface area contributed by atoms with Gasteiger partial charge in [0.2, 0.25) is 0 Å². The van der Waals surface area contributed by atoms with Crippen molar-refractivity contribution in [1.82, 2.24) is 14.8 Å². The van der Waals surface area contributed by atoms with Gasteiger partial charge in [0.05, 0.1) is 18.3 Å². The Bertz CT molecular complexity index is 981. The highest BCUT2D eigenvalue weighted by molar-refractivity contribution is 6.31. The van der Waals surface area contributed by atoms with Crippen LogP contribution in [-0.4, -0.2) is 65.7 Å². The molecule has 0 bridgehead atoms. The summed E-state index contributed by atoms with van der Waals surface area (Å²) in [6, 6.07) is 14.0. The lowest BCUT2D eigenvalue weighted by molar-refractivity contribution is -0.134. The first kappa shape index (κ1) is 22.0. The number of halogens is 1. The molecule has 31 heavy (non-hydrogen) atoms. The maximum atomic E-state index is 13.4. The summed E-state index contributed by atoms with van der Waals surface area (Å²) in [7, 11) is 0. The summed E-state index contributed by atoms with van der Waals surface area (Å²) in [5.74, 6) is 0.0372. The summed E-state index contributed by atoms with van der Waals surface area (Å²) < 4.78 is 0. The van der Waals surface area contributed by atoms with Crippen molar-refractivity contribution in [1.29, 1.82) is 0 Å². The van der Waals surface area contributed by atoms with Crippen molar-refractivity contribution in [3.05, 3.63) is 69.7 Å². The number of hydrogen-bond acceptors (Lipinski definition) is 4. The van der Waals surface area contributed by atoms with Gasteiger partial charge in [0.1, 0.15) is 0 Å². The van der Waals surface area contributed by atoms with Crippen LogP contribution in [0.25, 0.3) is 0 Å². The number of amides is 1. The van der Waals surface area contributed by atoms with Crippen LogP contribution >= 0.6 is 11.6 Å². The fraction of sp³-hybridized carbons (Fsp3) is 0.440. The number of benzene rings is 2. The molecular weight excluding hydrogens is 408 g/mol. The number of aryl methyl sites for hydroxylation is 2. The minimum Gasteiger partial charge on any atom is -0.301 e. The lowest BCUT2D eigenvalue weighted by Gasteiger charge is -2.34. The average molecular weight is 439 g/mol. The van der Waals surface area contributed by atoms with Gasteiger partial charge < -0.3 is 4.90 Å². The Hall–Kier alpha value is -2.21. The molecule has 5 nitrogen and oxygen atoms in total. The predicted octanol–water partition coefficient (Wildman–Crippen LogP) is 4.27. The largest absolute Gasteiger partial charge is 0.301 e. The quantitative estimate of drug-likeness (QED) is 0.699. The van der Waals surface area contributed by atoms with Gasteiger partial charge in [-0.3, -0.25) is 9.69 Å². The third-order valence-corrected chi connectivity index (χ3v) is 6.75. The third kappa shape index (κ3) is 4.84. The summed E-state index contributed by atoms with van der Waals surface area (Å²) in [5.41, 5.74) is 5.39. The summed E-state index contributed by atoms with van der Waals surface area (Å²) >= 11 is 6.54. The van der Waals surface area contributed by atoms with Crippen molar-refractivity contribution in [2.45, 2.75) is 33.2 Å². The van der Waals surface area contributed by atoms with Crippen LogP contribution in [0.2, 0.25) is 5.02 Å². The molecule has 0 N–H and O–H groups in total. The van der Waals surface area contributed by atoms with Crippen LogP contribution < -0.4 is 0 Å². The van der Waals surface area contributed by atoms with Crippen LogP contribution in [0.15, 0.2) is 47.6 Å². The van der Waals surface area contributed by atoms with Gasteiger partial charge in [0, 0.05) is 43.2 Å². The number of nitrogens with zero attached hydrogens (tertiary/aromatic N) is 4. The van der Waals surface area contributed by atoms with Crippen molar-refractivity contribution in [3.8, 4) is 0 Å². The van der Waals surface area contributed by atoms with E-state index in [-0.39, 0.29) is 11.9 Å². The molecule has 164 valence electrons. The summed E-state index contributed by atoms with van der Waals surface area (Å²) in [5, 5.41) is 7.23. The Morgan fingerprint density at radius 2 is 1.77 bits per heavy atom. The first-order valence-corrected chi connectivity index (χ1v) is 11.5. The standard InChI is InChI=1S/C25H31ClN4O/c1-4-28-11-13-29(14-12-28)17-25(31)30-24(20-7-5-6-8-22(20)26)16-23(27-30)21-15-18(2)9-10-19(21)3/h5-10,15,24H,4,11-14,16-17H2,1-3H3/t24-/m1/s1. The smallest absolute Gasteiger partial charge is 0.257 e. The summed E-state index contributed by atoms with van der Waals surface area (Å²) in [6.07, 6.45) is 0.670. The first-order valence-electron chi connectivity index (χ1n) is 11.1. The molecule has 0 radical (unpaired) electrons. The molecule has 2 heterocycles. The Morgan fingerprint density at radius 1 is 1.06 bits per heavy atom. The third-order valence-electron chi connectivity index (χ3n) is 6.41. The second-order valence-corrected chi connectivity index (χ2v) is 8.96. The maximum Gasteiger partial charge on any atom is 0.257 e. The highest BCUT2D eigenvalue weighted by Crippen LogP contribution is 2.37. The molecule has 1 saturated heterocycles. The van der Waals surface area contributed by atoms with Crippen LogP contribution in [-0.2, 0) is 4.79 Å². The highest BCUT2D eigenvalue weighted by atomic mass is 35.5. The van der Waals surface area contributed by atoms with E-state index in [1.165, 1.54) is 11.1 Å². The van der Waals surface area contributed by atoms with Crippen LogP contribution in [0.5, 0.6) is 0 Å². The molecule has 1 atom stereocenters.